The lowest BCUT2D eigenvalue weighted by atomic mass is 9.96. The highest BCUT2D eigenvalue weighted by Gasteiger charge is 2.41. The highest BCUT2D eigenvalue weighted by atomic mass is 33.1. The molecular weight excluding hydrogens is 963 g/mol. The van der Waals surface area contributed by atoms with E-state index in [2.05, 4.69) is 42.2 Å². The molecule has 2 heterocycles. The Balaban J connectivity index is 2.05. The van der Waals surface area contributed by atoms with Gasteiger partial charge in [-0.15, -0.1) is 0 Å². The first-order chi connectivity index (χ1) is 33.7. The van der Waals surface area contributed by atoms with Crippen LogP contribution < -0.4 is 71.6 Å². The number of amides is 10. The maximum Gasteiger partial charge on any atom is 0.246 e. The van der Waals surface area contributed by atoms with Crippen molar-refractivity contribution in [3.63, 3.8) is 0 Å². The van der Waals surface area contributed by atoms with Gasteiger partial charge in [-0.05, 0) is 63.0 Å². The van der Waals surface area contributed by atoms with Gasteiger partial charge in [0.05, 0.1) is 19.0 Å². The average molecular weight is 1030 g/mol. The van der Waals surface area contributed by atoms with Crippen molar-refractivity contribution in [3.8, 4) is 0 Å². The number of nitrogens with one attached hydrogen (secondary N) is 7. The molecule has 0 saturated carbocycles. The van der Waals surface area contributed by atoms with E-state index in [0.717, 1.165) is 21.6 Å². The second-order valence-electron chi connectivity index (χ2n) is 17.3. The quantitative estimate of drug-likeness (QED) is 0.0254. The fourth-order valence-electron chi connectivity index (χ4n) is 7.60. The summed E-state index contributed by atoms with van der Waals surface area (Å²) >= 11 is 0. The van der Waals surface area contributed by atoms with Crippen LogP contribution in [0.15, 0.2) is 35.3 Å². The third-order valence-electron chi connectivity index (χ3n) is 11.7. The van der Waals surface area contributed by atoms with Crippen molar-refractivity contribution in [2.45, 2.75) is 126 Å². The molecule has 0 radical (unpaired) electrons. The monoisotopic (exact) mass is 1030 g/mol. The number of benzene rings is 1. The number of primary amides is 2. The van der Waals surface area contributed by atoms with Crippen LogP contribution in [0.2, 0.25) is 0 Å². The SMILES string of the molecule is CCC(C)C1NC(=O)C(Cc2ccccc2)NC(=O)C(N)CSSCC(C(=O)N2CCCC2C(=O)NC(CCCCN)C(=O)NCC(N)=O)NC(=O)C(CC(N)=O)NC(=O)C(CCCN=C(N)N)NC1=O. The van der Waals surface area contributed by atoms with Crippen LogP contribution in [0.1, 0.15) is 77.2 Å². The normalized spacial score (nSPS) is 23.8. The third kappa shape index (κ3) is 20.2. The van der Waals surface area contributed by atoms with Gasteiger partial charge < -0.3 is 76.5 Å². The average Bonchev–Trinajstić information content (AvgIpc) is 3.83. The van der Waals surface area contributed by atoms with Crippen molar-refractivity contribution < 1.29 is 47.9 Å². The second kappa shape index (κ2) is 30.5. The van der Waals surface area contributed by atoms with E-state index in [0.29, 0.717) is 37.8 Å². The third-order valence-corrected chi connectivity index (χ3v) is 14.1. The molecular formula is C44H71N15O10S2. The molecule has 3 rings (SSSR count). The van der Waals surface area contributed by atoms with Crippen molar-refractivity contribution in [1.82, 2.24) is 42.1 Å². The van der Waals surface area contributed by atoms with Crippen molar-refractivity contribution in [1.29, 1.82) is 0 Å². The fourth-order valence-corrected chi connectivity index (χ4v) is 9.88. The Morgan fingerprint density at radius 3 is 2.10 bits per heavy atom. The van der Waals surface area contributed by atoms with Crippen LogP contribution in [0.3, 0.4) is 0 Å². The summed E-state index contributed by atoms with van der Waals surface area (Å²) in [6.45, 7) is 3.46. The zero-order chi connectivity index (χ0) is 52.6. The molecule has 0 aliphatic carbocycles. The summed E-state index contributed by atoms with van der Waals surface area (Å²) in [4.78, 5) is 141. The van der Waals surface area contributed by atoms with Crippen LogP contribution in [0.5, 0.6) is 0 Å². The first-order valence-electron chi connectivity index (χ1n) is 23.5. The van der Waals surface area contributed by atoms with E-state index in [4.69, 9.17) is 34.4 Å². The van der Waals surface area contributed by atoms with Crippen LogP contribution in [-0.2, 0) is 54.4 Å². The van der Waals surface area contributed by atoms with Gasteiger partial charge in [-0.1, -0.05) is 72.2 Å². The molecule has 0 aromatic heterocycles. The minimum Gasteiger partial charge on any atom is -0.370 e. The molecule has 9 unspecified atom stereocenters. The van der Waals surface area contributed by atoms with Gasteiger partial charge in [-0.2, -0.15) is 0 Å². The molecule has 1 aromatic carbocycles. The minimum absolute atomic E-state index is 0.0232. The number of aliphatic imine (C=N–C) groups is 1. The number of nitrogens with zero attached hydrogens (tertiary/aromatic N) is 2. The zero-order valence-electron chi connectivity index (χ0n) is 40.2. The molecule has 2 aliphatic heterocycles. The molecule has 2 fully saturated rings. The van der Waals surface area contributed by atoms with Crippen LogP contribution in [0.25, 0.3) is 0 Å². The smallest absolute Gasteiger partial charge is 0.246 e. The Kier molecular flexibility index (Phi) is 25.4. The molecule has 27 heteroatoms. The summed E-state index contributed by atoms with van der Waals surface area (Å²) in [5.41, 5.74) is 34.5. The molecule has 10 amide bonds. The predicted molar refractivity (Wildman–Crippen MR) is 268 cm³/mol. The number of guanidine groups is 1. The summed E-state index contributed by atoms with van der Waals surface area (Å²) in [5, 5.41) is 18.3. The van der Waals surface area contributed by atoms with Gasteiger partial charge in [0.1, 0.15) is 42.3 Å². The van der Waals surface area contributed by atoms with E-state index in [1.165, 1.54) is 4.90 Å². The van der Waals surface area contributed by atoms with Gasteiger partial charge in [0.2, 0.25) is 59.1 Å². The van der Waals surface area contributed by atoms with E-state index in [1.54, 1.807) is 44.2 Å². The molecule has 1 aromatic rings. The Morgan fingerprint density at radius 1 is 0.803 bits per heavy atom. The summed E-state index contributed by atoms with van der Waals surface area (Å²) < 4.78 is 0. The van der Waals surface area contributed by atoms with Gasteiger partial charge in [0, 0.05) is 31.0 Å². The number of hydrogen-bond acceptors (Lipinski definition) is 15. The van der Waals surface area contributed by atoms with Gasteiger partial charge in [0.25, 0.3) is 0 Å². The Bertz CT molecular complexity index is 2050. The number of carbonyl (C=O) groups is 10. The first kappa shape index (κ1) is 59.1. The van der Waals surface area contributed by atoms with Crippen molar-refractivity contribution in [2.24, 2.45) is 45.3 Å². The zero-order valence-corrected chi connectivity index (χ0v) is 41.8. The number of unbranched alkanes of at least 4 members (excludes halogenated alkanes) is 1. The largest absolute Gasteiger partial charge is 0.370 e. The van der Waals surface area contributed by atoms with E-state index < -0.39 is 126 Å². The lowest BCUT2D eigenvalue weighted by Gasteiger charge is -2.31. The fraction of sp³-hybridized carbons (Fsp3) is 0.614. The van der Waals surface area contributed by atoms with E-state index >= 15 is 0 Å². The topological polar surface area (TPSA) is 427 Å². The molecule has 2 aliphatic rings. The van der Waals surface area contributed by atoms with Gasteiger partial charge >= 0.3 is 0 Å². The highest BCUT2D eigenvalue weighted by Crippen LogP contribution is 2.26. The predicted octanol–water partition coefficient (Wildman–Crippen LogP) is -4.44. The maximum atomic E-state index is 14.6. The highest BCUT2D eigenvalue weighted by molar-refractivity contribution is 8.76. The Morgan fingerprint density at radius 2 is 1.45 bits per heavy atom. The second-order valence-corrected chi connectivity index (χ2v) is 19.9. The molecule has 2 saturated heterocycles. The summed E-state index contributed by atoms with van der Waals surface area (Å²) in [6, 6.07) is -1.54. The molecule has 25 nitrogen and oxygen atoms in total. The standard InChI is InChI=1S/C44H71N15O10S2/c1-3-24(2)35-42(68)54-28(14-9-17-51-44(49)50)38(64)56-30(20-33(47)60)39(65)57-31(23-71-70-22-26(46)36(62)55-29(40(66)58-35)19-25-11-5-4-6-12-25)43(69)59-18-10-15-32(59)41(67)53-27(13-7-8-16-45)37(63)52-21-34(48)61/h4-6,11-12,24,26-32,35H,3,7-10,13-23,45-46H2,1-2H3,(H2,47,60)(H2,48,61)(H,52,63)(H,53,67)(H,54,68)(H,55,62)(H,56,64)(H,57,65)(H,58,66)(H4,49,50,51). The molecule has 394 valence electrons. The summed E-state index contributed by atoms with van der Waals surface area (Å²) in [5.74, 6) is -8.99. The lowest BCUT2D eigenvalue weighted by molar-refractivity contribution is -0.142. The van der Waals surface area contributed by atoms with Crippen molar-refractivity contribution >= 4 is 86.6 Å². The molecule has 19 N–H and O–H groups in total. The van der Waals surface area contributed by atoms with Gasteiger partial charge in [-0.25, -0.2) is 0 Å². The Labute approximate surface area is 420 Å². The van der Waals surface area contributed by atoms with E-state index in [9.17, 15) is 47.9 Å². The number of carbonyl (C=O) groups excluding carboxylic acids is 10. The van der Waals surface area contributed by atoms with Crippen LogP contribution in [-0.4, -0.2) is 156 Å². The van der Waals surface area contributed by atoms with Crippen molar-refractivity contribution in [3.05, 3.63) is 35.9 Å². The van der Waals surface area contributed by atoms with E-state index in [1.807, 2.05) is 0 Å². The minimum atomic E-state index is -1.69. The summed E-state index contributed by atoms with van der Waals surface area (Å²) in [7, 11) is 2.12. The van der Waals surface area contributed by atoms with E-state index in [-0.39, 0.29) is 62.7 Å². The number of likely N-dealkylation sites (tertiary alicyclic amines) is 1. The number of hydrogen-bond donors (Lipinski definition) is 13. The first-order valence-corrected chi connectivity index (χ1v) is 26.0. The Hall–Kier alpha value is -6.19. The van der Waals surface area contributed by atoms with Crippen LogP contribution in [0.4, 0.5) is 0 Å². The molecule has 0 spiro atoms. The maximum absolute atomic E-state index is 14.6. The van der Waals surface area contributed by atoms with Crippen LogP contribution >= 0.6 is 21.6 Å². The summed E-state index contributed by atoms with van der Waals surface area (Å²) in [6.07, 6.45) is 1.39. The van der Waals surface area contributed by atoms with Crippen LogP contribution in [0, 0.1) is 5.92 Å². The lowest BCUT2D eigenvalue weighted by Crippen LogP contribution is -2.61. The molecule has 71 heavy (non-hydrogen) atoms. The molecule has 9 atom stereocenters. The number of rotatable bonds is 20. The van der Waals surface area contributed by atoms with Gasteiger partial charge in [-0.3, -0.25) is 52.9 Å². The number of nitrogens with two attached hydrogens (primary N) is 6. The van der Waals surface area contributed by atoms with Crippen molar-refractivity contribution in [2.75, 3.05) is 37.7 Å². The molecule has 0 bridgehead atoms. The van der Waals surface area contributed by atoms with Gasteiger partial charge in [0.15, 0.2) is 5.96 Å².